The average molecular weight is 962 g/mol. The highest BCUT2D eigenvalue weighted by Gasteiger charge is 2.40. The second-order valence-electron chi connectivity index (χ2n) is 15.8. The second-order valence-corrected chi connectivity index (χ2v) is 20.1. The number of carboxylic acids is 1. The summed E-state index contributed by atoms with van der Waals surface area (Å²) >= 11 is 0.113. The monoisotopic (exact) mass is 961 g/mol. The molecular formula is C43H37F4N2O11S4+. The zero-order chi connectivity index (χ0) is 47.4. The molecule has 0 amide bonds. The number of nitrogens with zero attached hydrogens (tertiary/aromatic N) is 1. The topological polar surface area (TPSA) is 212 Å². The van der Waals surface area contributed by atoms with E-state index in [1.165, 1.54) is 36.4 Å². The maximum atomic E-state index is 16.5. The van der Waals surface area contributed by atoms with Crippen LogP contribution >= 0.6 is 11.8 Å². The molecule has 4 N–H and O–H groups in total. The molecule has 64 heavy (non-hydrogen) atoms. The summed E-state index contributed by atoms with van der Waals surface area (Å²) in [5.41, 5.74) is 1.50. The van der Waals surface area contributed by atoms with Crippen molar-refractivity contribution in [2.45, 2.75) is 66.8 Å². The van der Waals surface area contributed by atoms with Crippen LogP contribution in [0.5, 0.6) is 0 Å². The molecule has 0 fully saturated rings. The van der Waals surface area contributed by atoms with Gasteiger partial charge in [-0.3, -0.25) is 13.9 Å². The molecule has 5 aromatic carbocycles. The van der Waals surface area contributed by atoms with Gasteiger partial charge in [0.05, 0.1) is 26.0 Å². The highest BCUT2D eigenvalue weighted by Crippen LogP contribution is 2.44. The van der Waals surface area contributed by atoms with Gasteiger partial charge in [0.2, 0.25) is 5.36 Å². The van der Waals surface area contributed by atoms with Crippen molar-refractivity contribution in [1.82, 2.24) is 4.58 Å². The summed E-state index contributed by atoms with van der Waals surface area (Å²) in [6, 6.07) is 19.4. The highest BCUT2D eigenvalue weighted by atomic mass is 32.2. The minimum absolute atomic E-state index is 0.113. The van der Waals surface area contributed by atoms with Crippen LogP contribution in [0.4, 0.5) is 28.9 Å². The van der Waals surface area contributed by atoms with Gasteiger partial charge in [-0.15, -0.1) is 24.4 Å². The standard InChI is InChI=1S/C43H36F4N2O8S3.O3S/c1-22-19-42(2,3)49(20-23-6-11-26(12-7-23)59(52,53)54)33-18-32-30(17-29(22)33)35(36-37(44)39(46)41(40(47)38(36)45)58-21-34(50)51)28-15-10-25(16-31(28)43(32,4)5)48-24-8-13-27(14-9-24)60(55,56)57;1-4(2)3/h6-19H,20-21H2,1-5H3,(H3,50,51,52,53,54,55,56,57);/p+1. The number of thioether (sulfide) groups is 1. The highest BCUT2D eigenvalue weighted by molar-refractivity contribution is 8.00. The molecule has 21 heteroatoms. The Labute approximate surface area is 370 Å². The summed E-state index contributed by atoms with van der Waals surface area (Å²) in [4.78, 5) is 9.52. The molecule has 7 rings (SSSR count). The lowest BCUT2D eigenvalue weighted by molar-refractivity contribution is -0.133. The van der Waals surface area contributed by atoms with Crippen LogP contribution in [-0.2, 0) is 47.6 Å². The normalized spacial score (nSPS) is 14.9. The van der Waals surface area contributed by atoms with Crippen molar-refractivity contribution in [3.63, 3.8) is 0 Å². The van der Waals surface area contributed by atoms with Crippen molar-refractivity contribution in [2.75, 3.05) is 11.1 Å². The molecule has 0 spiro atoms. The molecule has 0 unspecified atom stereocenters. The van der Waals surface area contributed by atoms with Gasteiger partial charge in [0, 0.05) is 53.4 Å². The molecule has 0 bridgehead atoms. The van der Waals surface area contributed by atoms with Gasteiger partial charge in [-0.25, -0.2) is 22.1 Å². The Hall–Kier alpha value is -5.71. The molecule has 2 aliphatic rings. The van der Waals surface area contributed by atoms with Crippen LogP contribution in [0.15, 0.2) is 99.6 Å². The van der Waals surface area contributed by atoms with Crippen LogP contribution in [0.2, 0.25) is 0 Å². The molecule has 13 nitrogen and oxygen atoms in total. The van der Waals surface area contributed by atoms with E-state index in [0.29, 0.717) is 39.0 Å². The van der Waals surface area contributed by atoms with Crippen LogP contribution in [0.3, 0.4) is 0 Å². The first kappa shape index (κ1) is 47.8. The maximum absolute atomic E-state index is 16.5. The van der Waals surface area contributed by atoms with E-state index in [4.69, 9.17) is 17.7 Å². The molecule has 1 aliphatic heterocycles. The van der Waals surface area contributed by atoms with Gasteiger partial charge in [0.1, 0.15) is 0 Å². The molecule has 1 heterocycles. The summed E-state index contributed by atoms with van der Waals surface area (Å²) in [5.74, 6) is -9.22. The van der Waals surface area contributed by atoms with E-state index in [9.17, 15) is 30.7 Å². The fourth-order valence-corrected chi connectivity index (χ4v) is 9.63. The van der Waals surface area contributed by atoms with E-state index >= 15 is 17.6 Å². The van der Waals surface area contributed by atoms with Crippen LogP contribution in [0.25, 0.3) is 11.1 Å². The Morgan fingerprint density at radius 3 is 1.77 bits per heavy atom. The lowest BCUT2D eigenvalue weighted by Crippen LogP contribution is -2.50. The first-order valence-corrected chi connectivity index (χ1v) is 23.6. The van der Waals surface area contributed by atoms with Crippen molar-refractivity contribution in [2.24, 2.45) is 0 Å². The zero-order valence-corrected chi connectivity index (χ0v) is 37.5. The van der Waals surface area contributed by atoms with E-state index in [1.807, 2.05) is 46.8 Å². The number of hydrogen-bond donors (Lipinski definition) is 4. The Kier molecular flexibility index (Phi) is 12.9. The predicted octanol–water partition coefficient (Wildman–Crippen LogP) is 6.43. The summed E-state index contributed by atoms with van der Waals surface area (Å²) in [7, 11) is -12.0. The number of carboxylic acid groups (broad SMARTS) is 1. The molecule has 336 valence electrons. The van der Waals surface area contributed by atoms with Crippen LogP contribution in [0, 0.1) is 23.3 Å². The number of aliphatic carboxylic acids is 1. The van der Waals surface area contributed by atoms with Crippen molar-refractivity contribution in [1.29, 1.82) is 0 Å². The summed E-state index contributed by atoms with van der Waals surface area (Å²) in [6.45, 7) is 9.83. The van der Waals surface area contributed by atoms with Gasteiger partial charge in [0.25, 0.3) is 20.2 Å². The number of fused-ring (bicyclic) bond motifs is 3. The molecule has 1 aliphatic carbocycles. The van der Waals surface area contributed by atoms with Gasteiger partial charge in [-0.1, -0.05) is 32.0 Å². The number of halogens is 4. The van der Waals surface area contributed by atoms with Gasteiger partial charge in [-0.05, 0) is 95.1 Å². The Balaban J connectivity index is 0.00000163. The van der Waals surface area contributed by atoms with E-state index in [-0.39, 0.29) is 44.5 Å². The number of rotatable bonds is 10. The first-order valence-electron chi connectivity index (χ1n) is 18.7. The number of benzene rings is 5. The molecule has 0 radical (unpaired) electrons. The fraction of sp³-hybridized carbons (Fsp3) is 0.209. The Morgan fingerprint density at radius 1 is 0.734 bits per heavy atom. The summed E-state index contributed by atoms with van der Waals surface area (Å²) in [6.07, 6.45) is 1.99. The first-order chi connectivity index (χ1) is 29.6. The fourth-order valence-electron chi connectivity index (χ4n) is 7.97. The van der Waals surface area contributed by atoms with Gasteiger partial charge in [-0.2, -0.15) is 16.8 Å². The number of anilines is 2. The van der Waals surface area contributed by atoms with Gasteiger partial charge in [0.15, 0.2) is 35.4 Å². The van der Waals surface area contributed by atoms with Crippen molar-refractivity contribution in [3.05, 3.63) is 152 Å². The average Bonchev–Trinajstić information content (AvgIpc) is 3.19. The molecule has 0 saturated heterocycles. The van der Waals surface area contributed by atoms with Crippen molar-refractivity contribution in [3.8, 4) is 0 Å². The Morgan fingerprint density at radius 2 is 1.25 bits per heavy atom. The smallest absolute Gasteiger partial charge is 0.425 e. The van der Waals surface area contributed by atoms with Gasteiger partial charge >= 0.3 is 16.6 Å². The number of hydrogen-bond acceptors (Lipinski definition) is 10. The Bertz CT molecular complexity index is 3270. The third-order valence-corrected chi connectivity index (χ3v) is 13.6. The number of carbonyl (C=O) groups is 1. The van der Waals surface area contributed by atoms with Crippen LogP contribution in [-0.4, -0.2) is 60.9 Å². The largest absolute Gasteiger partial charge is 0.481 e. The number of nitrogens with one attached hydrogen (secondary N) is 1. The van der Waals surface area contributed by atoms with Crippen LogP contribution < -0.4 is 20.5 Å². The zero-order valence-electron chi connectivity index (χ0n) is 34.2. The molecule has 0 saturated carbocycles. The third-order valence-electron chi connectivity index (χ3n) is 10.8. The SMILES string of the molecule is CC1=CC(C)(C)[N+](Cc2ccc(S(=O)(=O)O)cc2)=c2cc3c(cc21)=C(c1c(F)c(F)c(SCC(=O)O)c(F)c1F)c1ccc(Nc2ccc(S(=O)(=O)O)cc2)cc1C3(C)C.O=S(=O)=O. The van der Waals surface area contributed by atoms with E-state index in [1.54, 1.807) is 36.4 Å². The minimum Gasteiger partial charge on any atom is -0.481 e. The van der Waals surface area contributed by atoms with Crippen molar-refractivity contribution < 1.29 is 66.0 Å². The van der Waals surface area contributed by atoms with Gasteiger partial charge < -0.3 is 10.4 Å². The quantitative estimate of drug-likeness (QED) is 0.0392. The lowest BCUT2D eigenvalue weighted by atomic mass is 9.68. The molecule has 0 atom stereocenters. The molecule has 0 aromatic heterocycles. The van der Waals surface area contributed by atoms with Crippen molar-refractivity contribution >= 4 is 71.1 Å². The lowest BCUT2D eigenvalue weighted by Gasteiger charge is -2.36. The molecular weight excluding hydrogens is 925 g/mol. The maximum Gasteiger partial charge on any atom is 0.425 e. The predicted molar refractivity (Wildman–Crippen MR) is 229 cm³/mol. The summed E-state index contributed by atoms with van der Waals surface area (Å²) < 4.78 is 158. The molecule has 5 aromatic rings. The summed E-state index contributed by atoms with van der Waals surface area (Å²) in [5, 5.41) is 13.3. The van der Waals surface area contributed by atoms with Crippen LogP contribution in [0.1, 0.15) is 68.0 Å². The van der Waals surface area contributed by atoms with E-state index in [2.05, 4.69) is 9.89 Å². The third kappa shape index (κ3) is 9.40. The second kappa shape index (κ2) is 17.3. The van der Waals surface area contributed by atoms with E-state index < -0.39 is 87.2 Å². The van der Waals surface area contributed by atoms with E-state index in [0.717, 1.165) is 5.57 Å². The minimum atomic E-state index is -4.46. The number of allylic oxidation sites excluding steroid dienone is 1.